The number of urea groups is 1. The van der Waals surface area contributed by atoms with E-state index in [2.05, 4.69) is 5.32 Å². The molecule has 0 fully saturated rings. The highest BCUT2D eigenvalue weighted by molar-refractivity contribution is 5.99. The number of carbonyl (C=O) groups excluding carboxylic acids is 1. The normalized spacial score (nSPS) is 13.8. The Labute approximate surface area is 149 Å². The number of ether oxygens (including phenoxy) is 1. The molecule has 2 aromatic rings. The van der Waals surface area contributed by atoms with Gasteiger partial charge in [-0.15, -0.1) is 0 Å². The largest absolute Gasteiger partial charge is 0.500 e. The van der Waals surface area contributed by atoms with Gasteiger partial charge < -0.3 is 15.2 Å². The fourth-order valence-corrected chi connectivity index (χ4v) is 2.66. The van der Waals surface area contributed by atoms with E-state index in [4.69, 9.17) is 4.74 Å². The molecule has 2 N–H and O–H groups in total. The van der Waals surface area contributed by atoms with Crippen LogP contribution in [-0.4, -0.2) is 29.2 Å². The lowest BCUT2D eigenvalue weighted by Crippen LogP contribution is -2.41. The van der Waals surface area contributed by atoms with Crippen LogP contribution in [0.3, 0.4) is 0 Å². The van der Waals surface area contributed by atoms with Gasteiger partial charge >= 0.3 is 11.7 Å². The van der Waals surface area contributed by atoms with Crippen LogP contribution in [0.25, 0.3) is 5.57 Å². The van der Waals surface area contributed by atoms with Gasteiger partial charge in [0.05, 0.1) is 17.2 Å². The first kappa shape index (κ1) is 17.3. The van der Waals surface area contributed by atoms with Gasteiger partial charge in [0.25, 0.3) is 0 Å². The predicted octanol–water partition coefficient (Wildman–Crippen LogP) is 3.27. The molecule has 134 valence electrons. The van der Waals surface area contributed by atoms with Crippen molar-refractivity contribution in [3.63, 3.8) is 0 Å². The lowest BCUT2D eigenvalue weighted by molar-refractivity contribution is -0.385. The fraction of sp³-hybridized carbons (Fsp3) is 0.167. The van der Waals surface area contributed by atoms with Crippen LogP contribution in [0.15, 0.2) is 48.7 Å². The maximum atomic E-state index is 12.3. The number of phenols is 1. The van der Waals surface area contributed by atoms with Crippen LogP contribution in [0.2, 0.25) is 0 Å². The Hall–Kier alpha value is -3.55. The third-order valence-corrected chi connectivity index (χ3v) is 3.89. The van der Waals surface area contributed by atoms with Crippen molar-refractivity contribution in [3.8, 4) is 11.5 Å². The minimum atomic E-state index is -0.717. The smallest absolute Gasteiger partial charge is 0.326 e. The van der Waals surface area contributed by atoms with Crippen LogP contribution in [0.5, 0.6) is 11.5 Å². The van der Waals surface area contributed by atoms with E-state index in [-0.39, 0.29) is 18.0 Å². The monoisotopic (exact) mass is 355 g/mol. The first-order chi connectivity index (χ1) is 12.5. The third kappa shape index (κ3) is 3.30. The van der Waals surface area contributed by atoms with Crippen LogP contribution in [0.1, 0.15) is 12.5 Å². The quantitative estimate of drug-likeness (QED) is 0.633. The van der Waals surface area contributed by atoms with Crippen LogP contribution >= 0.6 is 0 Å². The molecule has 1 heterocycles. The van der Waals surface area contributed by atoms with Gasteiger partial charge in [0.1, 0.15) is 0 Å². The molecule has 8 heteroatoms. The molecular weight excluding hydrogens is 338 g/mol. The Morgan fingerprint density at radius 3 is 2.69 bits per heavy atom. The summed E-state index contributed by atoms with van der Waals surface area (Å²) in [4.78, 5) is 24.1. The van der Waals surface area contributed by atoms with Crippen LogP contribution < -0.4 is 15.0 Å². The van der Waals surface area contributed by atoms with Gasteiger partial charge in [0, 0.05) is 24.9 Å². The van der Waals surface area contributed by atoms with Crippen LogP contribution in [0, 0.1) is 10.1 Å². The number of aromatic hydroxyl groups is 1. The summed E-state index contributed by atoms with van der Waals surface area (Å²) in [6.45, 7) is 2.25. The molecule has 2 aromatic carbocycles. The molecule has 0 unspecified atom stereocenters. The van der Waals surface area contributed by atoms with Crippen molar-refractivity contribution in [2.45, 2.75) is 6.92 Å². The number of nitro benzene ring substituents is 1. The van der Waals surface area contributed by atoms with Crippen molar-refractivity contribution in [1.29, 1.82) is 0 Å². The summed E-state index contributed by atoms with van der Waals surface area (Å²) in [7, 11) is 0. The number of hydrogen-bond donors (Lipinski definition) is 2. The number of rotatable bonds is 5. The summed E-state index contributed by atoms with van der Waals surface area (Å²) in [5.41, 5.74) is 1.47. The number of phenolic OH excluding ortho intramolecular Hbond substituents is 1. The van der Waals surface area contributed by atoms with Crippen molar-refractivity contribution in [2.24, 2.45) is 0 Å². The maximum absolute atomic E-state index is 12.3. The molecule has 0 atom stereocenters. The van der Waals surface area contributed by atoms with Crippen molar-refractivity contribution in [2.75, 3.05) is 18.1 Å². The molecular formula is C18H17N3O5. The topological polar surface area (TPSA) is 105 Å². The highest BCUT2D eigenvalue weighted by Crippen LogP contribution is 2.40. The van der Waals surface area contributed by atoms with Crippen molar-refractivity contribution in [3.05, 3.63) is 64.3 Å². The molecule has 1 aliphatic rings. The number of amides is 2. The highest BCUT2D eigenvalue weighted by Gasteiger charge is 2.26. The minimum Gasteiger partial charge on any atom is -0.500 e. The zero-order chi connectivity index (χ0) is 18.7. The summed E-state index contributed by atoms with van der Waals surface area (Å²) in [5.74, 6) is -0.616. The average molecular weight is 355 g/mol. The number of nitrogens with one attached hydrogen (secondary N) is 1. The van der Waals surface area contributed by atoms with Crippen LogP contribution in [-0.2, 0) is 0 Å². The standard InChI is InChI=1S/C18H17N3O5/c1-2-26-16-9-14(8-15(17(16)22)21(24)25)20-11-13(10-19-18(20)23)12-6-4-3-5-7-12/h3-9,11,22H,2,10H2,1H3,(H,19,23). The van der Waals surface area contributed by atoms with Crippen LogP contribution in [0.4, 0.5) is 16.2 Å². The summed E-state index contributed by atoms with van der Waals surface area (Å²) in [6.07, 6.45) is 1.62. The van der Waals surface area contributed by atoms with E-state index in [0.717, 1.165) is 17.2 Å². The Balaban J connectivity index is 2.08. The van der Waals surface area contributed by atoms with E-state index in [1.807, 2.05) is 30.3 Å². The SMILES string of the molecule is CCOc1cc(N2C=C(c3ccccc3)CNC2=O)cc([N+](=O)[O-])c1O. The first-order valence-electron chi connectivity index (χ1n) is 7.98. The Bertz CT molecular complexity index is 880. The van der Waals surface area contributed by atoms with Gasteiger partial charge in [-0.1, -0.05) is 30.3 Å². The minimum absolute atomic E-state index is 0.0512. The number of hydrogen-bond acceptors (Lipinski definition) is 5. The van der Waals surface area contributed by atoms with Crippen molar-refractivity contribution in [1.82, 2.24) is 5.32 Å². The Morgan fingerprint density at radius 1 is 1.31 bits per heavy atom. The van der Waals surface area contributed by atoms with E-state index in [1.165, 1.54) is 11.0 Å². The Kier molecular flexibility index (Phi) is 4.74. The zero-order valence-electron chi connectivity index (χ0n) is 14.0. The Morgan fingerprint density at radius 2 is 2.04 bits per heavy atom. The molecule has 26 heavy (non-hydrogen) atoms. The van der Waals surface area contributed by atoms with Crippen molar-refractivity contribution >= 4 is 23.0 Å². The maximum Gasteiger partial charge on any atom is 0.326 e. The summed E-state index contributed by atoms with van der Waals surface area (Å²) >= 11 is 0. The molecule has 2 amide bonds. The molecule has 0 bridgehead atoms. The molecule has 0 radical (unpaired) electrons. The van der Waals surface area contributed by atoms with Gasteiger partial charge in [-0.2, -0.15) is 0 Å². The number of nitrogens with zero attached hydrogens (tertiary/aromatic N) is 2. The molecule has 1 aliphatic heterocycles. The van der Waals surface area contributed by atoms with Gasteiger partial charge in [0.2, 0.25) is 5.75 Å². The van der Waals surface area contributed by atoms with Crippen molar-refractivity contribution < 1.29 is 19.6 Å². The van der Waals surface area contributed by atoms with Gasteiger partial charge in [-0.25, -0.2) is 4.79 Å². The fourth-order valence-electron chi connectivity index (χ4n) is 2.66. The number of carbonyl (C=O) groups is 1. The second-order valence-corrected chi connectivity index (χ2v) is 5.55. The second-order valence-electron chi connectivity index (χ2n) is 5.55. The van der Waals surface area contributed by atoms with Gasteiger partial charge in [0.15, 0.2) is 5.75 Å². The molecule has 0 aliphatic carbocycles. The molecule has 0 spiro atoms. The number of nitro groups is 1. The van der Waals surface area contributed by atoms with Gasteiger partial charge in [-0.05, 0) is 18.1 Å². The molecule has 3 rings (SSSR count). The first-order valence-corrected chi connectivity index (χ1v) is 7.98. The summed E-state index contributed by atoms with van der Waals surface area (Å²) in [6, 6.07) is 11.6. The number of benzene rings is 2. The third-order valence-electron chi connectivity index (χ3n) is 3.89. The summed E-state index contributed by atoms with van der Waals surface area (Å²) < 4.78 is 5.27. The predicted molar refractivity (Wildman–Crippen MR) is 96.2 cm³/mol. The molecule has 8 nitrogen and oxygen atoms in total. The highest BCUT2D eigenvalue weighted by atomic mass is 16.6. The number of anilines is 1. The van der Waals surface area contributed by atoms with E-state index in [9.17, 15) is 20.0 Å². The van der Waals surface area contributed by atoms with Gasteiger partial charge in [-0.3, -0.25) is 15.0 Å². The van der Waals surface area contributed by atoms with E-state index < -0.39 is 22.4 Å². The molecule has 0 aromatic heterocycles. The second kappa shape index (κ2) is 7.14. The lowest BCUT2D eigenvalue weighted by Gasteiger charge is -2.26. The zero-order valence-corrected chi connectivity index (χ0v) is 14.0. The van der Waals surface area contributed by atoms with E-state index in [1.54, 1.807) is 13.1 Å². The molecule has 0 saturated heterocycles. The summed E-state index contributed by atoms with van der Waals surface area (Å²) in [5, 5.41) is 24.0. The lowest BCUT2D eigenvalue weighted by atomic mass is 10.1. The average Bonchev–Trinajstić information content (AvgIpc) is 2.64. The molecule has 0 saturated carbocycles. The van der Waals surface area contributed by atoms with E-state index in [0.29, 0.717) is 6.54 Å². The van der Waals surface area contributed by atoms with E-state index >= 15 is 0 Å².